The molecule has 0 aliphatic carbocycles. The molecule has 27 heavy (non-hydrogen) atoms. The molecule has 0 atom stereocenters. The first-order valence-electron chi connectivity index (χ1n) is 8.23. The van der Waals surface area contributed by atoms with E-state index in [-0.39, 0.29) is 11.5 Å². The molecule has 2 aromatic carbocycles. The number of benzene rings is 2. The summed E-state index contributed by atoms with van der Waals surface area (Å²) in [5.74, 6) is 0.471. The van der Waals surface area contributed by atoms with E-state index >= 15 is 0 Å². The zero-order valence-corrected chi connectivity index (χ0v) is 14.1. The Kier molecular flexibility index (Phi) is 4.29. The number of hydrogen-bond acceptors (Lipinski definition) is 6. The van der Waals surface area contributed by atoms with Crippen LogP contribution in [0.4, 0.5) is 0 Å². The second kappa shape index (κ2) is 6.91. The zero-order chi connectivity index (χ0) is 18.8. The molecule has 4 rings (SSSR count). The third-order valence-electron chi connectivity index (χ3n) is 4.09. The van der Waals surface area contributed by atoms with Crippen LogP contribution in [0.15, 0.2) is 42.6 Å². The number of aromatic amines is 1. The zero-order valence-electron chi connectivity index (χ0n) is 14.1. The number of H-pyrrole nitrogens is 1. The van der Waals surface area contributed by atoms with Crippen LogP contribution >= 0.6 is 0 Å². The van der Waals surface area contributed by atoms with Crippen molar-refractivity contribution in [1.82, 2.24) is 10.2 Å². The van der Waals surface area contributed by atoms with Crippen molar-refractivity contribution in [1.29, 1.82) is 0 Å². The van der Waals surface area contributed by atoms with Crippen molar-refractivity contribution < 1.29 is 29.2 Å². The van der Waals surface area contributed by atoms with Gasteiger partial charge in [-0.15, -0.1) is 0 Å². The molecule has 0 saturated carbocycles. The summed E-state index contributed by atoms with van der Waals surface area (Å²) in [6.45, 7) is 0.534. The third kappa shape index (κ3) is 3.37. The Morgan fingerprint density at radius 2 is 1.93 bits per heavy atom. The number of phenolic OH excluding ortho intramolecular Hbond substituents is 1. The molecule has 0 amide bonds. The van der Waals surface area contributed by atoms with E-state index in [1.807, 2.05) is 18.2 Å². The minimum Gasteiger partial charge on any atom is -0.507 e. The van der Waals surface area contributed by atoms with E-state index in [0.29, 0.717) is 36.0 Å². The molecule has 0 spiro atoms. The fourth-order valence-electron chi connectivity index (χ4n) is 2.88. The fourth-order valence-corrected chi connectivity index (χ4v) is 2.88. The van der Waals surface area contributed by atoms with Crippen LogP contribution in [0, 0.1) is 0 Å². The molecular formula is C19H16N2O6. The van der Waals surface area contributed by atoms with E-state index in [1.54, 1.807) is 18.3 Å². The number of phenols is 1. The summed E-state index contributed by atoms with van der Waals surface area (Å²) >= 11 is 0. The van der Waals surface area contributed by atoms with Crippen molar-refractivity contribution in [3.8, 4) is 45.4 Å². The molecule has 3 aromatic rings. The number of aliphatic carboxylic acids is 1. The van der Waals surface area contributed by atoms with Gasteiger partial charge in [0.25, 0.3) is 0 Å². The summed E-state index contributed by atoms with van der Waals surface area (Å²) in [7, 11) is 0. The minimum absolute atomic E-state index is 0.0547. The van der Waals surface area contributed by atoms with Crippen molar-refractivity contribution >= 4 is 5.97 Å². The molecule has 0 unspecified atom stereocenters. The standard InChI is InChI=1S/C19H16N2O6/c22-15-8-12(27-10-18(23)24)2-3-13(15)19-14(9-20-21-19)11-1-4-16-17(7-11)26-6-5-25-16/h1-4,7-9,22H,5-6,10H2,(H,20,21)(H,23,24). The first kappa shape index (κ1) is 16.8. The number of hydrogen-bond donors (Lipinski definition) is 3. The molecule has 1 aliphatic heterocycles. The largest absolute Gasteiger partial charge is 0.507 e. The van der Waals surface area contributed by atoms with Crippen molar-refractivity contribution in [2.75, 3.05) is 19.8 Å². The van der Waals surface area contributed by atoms with Gasteiger partial charge in [-0.3, -0.25) is 5.10 Å². The summed E-state index contributed by atoms with van der Waals surface area (Å²) < 4.78 is 16.2. The van der Waals surface area contributed by atoms with Crippen LogP contribution in [-0.2, 0) is 4.79 Å². The third-order valence-corrected chi connectivity index (χ3v) is 4.09. The lowest BCUT2D eigenvalue weighted by atomic mass is 10.0. The van der Waals surface area contributed by atoms with Crippen LogP contribution in [0.5, 0.6) is 23.0 Å². The number of ether oxygens (including phenoxy) is 3. The summed E-state index contributed by atoms with van der Waals surface area (Å²) in [4.78, 5) is 10.6. The predicted molar refractivity (Wildman–Crippen MR) is 95.2 cm³/mol. The van der Waals surface area contributed by atoms with Crippen LogP contribution in [0.3, 0.4) is 0 Å². The summed E-state index contributed by atoms with van der Waals surface area (Å²) in [5.41, 5.74) is 2.77. The molecule has 138 valence electrons. The van der Waals surface area contributed by atoms with Crippen LogP contribution in [0.2, 0.25) is 0 Å². The highest BCUT2D eigenvalue weighted by Gasteiger charge is 2.17. The second-order valence-corrected chi connectivity index (χ2v) is 5.88. The van der Waals surface area contributed by atoms with Gasteiger partial charge >= 0.3 is 5.97 Å². The lowest BCUT2D eigenvalue weighted by molar-refractivity contribution is -0.139. The average molecular weight is 368 g/mol. The first-order valence-corrected chi connectivity index (χ1v) is 8.23. The van der Waals surface area contributed by atoms with Gasteiger partial charge in [0.2, 0.25) is 0 Å². The number of rotatable bonds is 5. The Hall–Kier alpha value is -3.68. The van der Waals surface area contributed by atoms with E-state index in [0.717, 1.165) is 11.1 Å². The Balaban J connectivity index is 1.67. The molecule has 0 radical (unpaired) electrons. The molecule has 8 heteroatoms. The Labute approximate surface area is 153 Å². The van der Waals surface area contributed by atoms with Gasteiger partial charge in [0.15, 0.2) is 18.1 Å². The Morgan fingerprint density at radius 3 is 2.70 bits per heavy atom. The quantitative estimate of drug-likeness (QED) is 0.634. The molecule has 1 aromatic heterocycles. The number of fused-ring (bicyclic) bond motifs is 1. The molecule has 0 saturated heterocycles. The van der Waals surface area contributed by atoms with Crippen molar-refractivity contribution in [2.24, 2.45) is 0 Å². The Bertz CT molecular complexity index is 998. The van der Waals surface area contributed by atoms with Gasteiger partial charge in [-0.05, 0) is 29.8 Å². The van der Waals surface area contributed by atoms with Crippen LogP contribution < -0.4 is 14.2 Å². The van der Waals surface area contributed by atoms with Gasteiger partial charge in [0.05, 0.1) is 11.9 Å². The molecule has 8 nitrogen and oxygen atoms in total. The van der Waals surface area contributed by atoms with E-state index in [9.17, 15) is 9.90 Å². The van der Waals surface area contributed by atoms with E-state index in [4.69, 9.17) is 19.3 Å². The molecule has 0 bridgehead atoms. The van der Waals surface area contributed by atoms with Crippen LogP contribution in [-0.4, -0.2) is 46.2 Å². The average Bonchev–Trinajstić information content (AvgIpc) is 3.15. The Morgan fingerprint density at radius 1 is 1.11 bits per heavy atom. The topological polar surface area (TPSA) is 114 Å². The number of carboxylic acids is 1. The van der Waals surface area contributed by atoms with Crippen LogP contribution in [0.25, 0.3) is 22.4 Å². The summed E-state index contributed by atoms with van der Waals surface area (Å²) in [5, 5.41) is 26.0. The SMILES string of the molecule is O=C(O)COc1ccc(-c2[nH]ncc2-c2ccc3c(c2)OCCO3)c(O)c1. The van der Waals surface area contributed by atoms with E-state index in [2.05, 4.69) is 10.2 Å². The maximum Gasteiger partial charge on any atom is 0.341 e. The fraction of sp³-hybridized carbons (Fsp3) is 0.158. The van der Waals surface area contributed by atoms with Gasteiger partial charge in [-0.1, -0.05) is 6.07 Å². The number of aromatic nitrogens is 2. The number of carboxylic acid groups (broad SMARTS) is 1. The van der Waals surface area contributed by atoms with Gasteiger partial charge < -0.3 is 24.4 Å². The molecule has 2 heterocycles. The molecule has 3 N–H and O–H groups in total. The highest BCUT2D eigenvalue weighted by molar-refractivity contribution is 5.84. The highest BCUT2D eigenvalue weighted by Crippen LogP contribution is 2.40. The summed E-state index contributed by atoms with van der Waals surface area (Å²) in [6, 6.07) is 10.2. The minimum atomic E-state index is -1.09. The number of nitrogens with zero attached hydrogens (tertiary/aromatic N) is 1. The summed E-state index contributed by atoms with van der Waals surface area (Å²) in [6.07, 6.45) is 1.66. The number of aromatic hydroxyl groups is 1. The smallest absolute Gasteiger partial charge is 0.341 e. The van der Waals surface area contributed by atoms with Crippen LogP contribution in [0.1, 0.15) is 0 Å². The second-order valence-electron chi connectivity index (χ2n) is 5.88. The monoisotopic (exact) mass is 368 g/mol. The van der Waals surface area contributed by atoms with E-state index in [1.165, 1.54) is 6.07 Å². The lowest BCUT2D eigenvalue weighted by Crippen LogP contribution is -2.15. The van der Waals surface area contributed by atoms with Gasteiger partial charge in [0.1, 0.15) is 24.7 Å². The maximum atomic E-state index is 10.6. The molecular weight excluding hydrogens is 352 g/mol. The van der Waals surface area contributed by atoms with Crippen molar-refractivity contribution in [3.63, 3.8) is 0 Å². The van der Waals surface area contributed by atoms with Gasteiger partial charge in [0, 0.05) is 17.2 Å². The lowest BCUT2D eigenvalue weighted by Gasteiger charge is -2.19. The van der Waals surface area contributed by atoms with Crippen molar-refractivity contribution in [3.05, 3.63) is 42.6 Å². The van der Waals surface area contributed by atoms with Crippen molar-refractivity contribution in [2.45, 2.75) is 0 Å². The molecule has 0 fully saturated rings. The maximum absolute atomic E-state index is 10.6. The van der Waals surface area contributed by atoms with Gasteiger partial charge in [-0.25, -0.2) is 4.79 Å². The first-order chi connectivity index (χ1) is 13.1. The number of nitrogens with one attached hydrogen (secondary N) is 1. The molecule has 1 aliphatic rings. The number of carbonyl (C=O) groups is 1. The predicted octanol–water partition coefficient (Wildman–Crippen LogP) is 2.68. The normalized spacial score (nSPS) is 12.6. The van der Waals surface area contributed by atoms with Gasteiger partial charge in [-0.2, -0.15) is 5.10 Å². The van der Waals surface area contributed by atoms with E-state index < -0.39 is 12.6 Å². The highest BCUT2D eigenvalue weighted by atomic mass is 16.6.